The minimum atomic E-state index is -0.245. The van der Waals surface area contributed by atoms with Crippen LogP contribution in [0, 0.1) is 5.82 Å². The zero-order valence-electron chi connectivity index (χ0n) is 14.7. The van der Waals surface area contributed by atoms with Crippen LogP contribution >= 0.6 is 0 Å². The molecule has 8 heteroatoms. The molecule has 27 heavy (non-hydrogen) atoms. The van der Waals surface area contributed by atoms with E-state index in [1.54, 1.807) is 41.5 Å². The van der Waals surface area contributed by atoms with Crippen LogP contribution in [0.2, 0.25) is 0 Å². The van der Waals surface area contributed by atoms with E-state index in [4.69, 9.17) is 0 Å². The largest absolute Gasteiger partial charge is 0.354 e. The van der Waals surface area contributed by atoms with Crippen LogP contribution in [0.4, 0.5) is 22.0 Å². The molecule has 1 aromatic carbocycles. The fourth-order valence-corrected chi connectivity index (χ4v) is 2.76. The van der Waals surface area contributed by atoms with Gasteiger partial charge in [-0.2, -0.15) is 10.1 Å². The van der Waals surface area contributed by atoms with Crippen molar-refractivity contribution < 1.29 is 4.39 Å². The number of nitrogens with one attached hydrogen (secondary N) is 2. The van der Waals surface area contributed by atoms with Gasteiger partial charge in [0.05, 0.1) is 18.3 Å². The van der Waals surface area contributed by atoms with Gasteiger partial charge in [-0.3, -0.25) is 4.68 Å². The Hall–Kier alpha value is -3.55. The number of aromatic nitrogens is 5. The van der Waals surface area contributed by atoms with Crippen LogP contribution in [0.25, 0.3) is 10.9 Å². The summed E-state index contributed by atoms with van der Waals surface area (Å²) in [5.74, 6) is 1.56. The molecule has 0 unspecified atom stereocenters. The molecule has 0 atom stereocenters. The molecule has 0 amide bonds. The molecule has 0 radical (unpaired) electrons. The van der Waals surface area contributed by atoms with Gasteiger partial charge in [0.2, 0.25) is 5.95 Å². The lowest BCUT2D eigenvalue weighted by molar-refractivity contribution is 0.590. The third kappa shape index (κ3) is 3.69. The summed E-state index contributed by atoms with van der Waals surface area (Å²) in [6, 6.07) is 10.3. The number of rotatable bonds is 6. The van der Waals surface area contributed by atoms with Crippen LogP contribution in [0.3, 0.4) is 0 Å². The fraction of sp³-hybridized carbons (Fsp3) is 0.158. The lowest BCUT2D eigenvalue weighted by Gasteiger charge is -2.08. The van der Waals surface area contributed by atoms with Crippen molar-refractivity contribution in [2.24, 2.45) is 0 Å². The van der Waals surface area contributed by atoms with Crippen molar-refractivity contribution >= 4 is 28.5 Å². The van der Waals surface area contributed by atoms with Crippen molar-refractivity contribution in [2.75, 3.05) is 17.2 Å². The molecule has 3 heterocycles. The number of fused-ring (bicyclic) bond motifs is 1. The van der Waals surface area contributed by atoms with Gasteiger partial charge in [-0.25, -0.2) is 14.4 Å². The summed E-state index contributed by atoms with van der Waals surface area (Å²) in [5.41, 5.74) is 1.44. The molecule has 0 saturated heterocycles. The molecule has 0 aliphatic heterocycles. The van der Waals surface area contributed by atoms with Gasteiger partial charge in [0.25, 0.3) is 0 Å². The van der Waals surface area contributed by atoms with Crippen molar-refractivity contribution in [3.05, 3.63) is 66.4 Å². The Morgan fingerprint density at radius 3 is 2.81 bits per heavy atom. The Balaban J connectivity index is 1.62. The summed E-state index contributed by atoms with van der Waals surface area (Å²) >= 11 is 0. The molecule has 0 fully saturated rings. The highest BCUT2D eigenvalue weighted by Crippen LogP contribution is 2.20. The number of anilines is 3. The van der Waals surface area contributed by atoms with E-state index in [-0.39, 0.29) is 5.82 Å². The van der Waals surface area contributed by atoms with E-state index in [1.165, 1.54) is 6.07 Å². The molecule has 0 aliphatic carbocycles. The van der Waals surface area contributed by atoms with E-state index >= 15 is 0 Å². The maximum atomic E-state index is 14.0. The first-order valence-corrected chi connectivity index (χ1v) is 8.62. The summed E-state index contributed by atoms with van der Waals surface area (Å²) in [7, 11) is 0. The third-order valence-electron chi connectivity index (χ3n) is 4.05. The second-order valence-electron chi connectivity index (χ2n) is 5.94. The quantitative estimate of drug-likeness (QED) is 0.545. The van der Waals surface area contributed by atoms with Crippen molar-refractivity contribution in [1.29, 1.82) is 0 Å². The minimum absolute atomic E-state index is 0.245. The molecule has 4 rings (SSSR count). The van der Waals surface area contributed by atoms with Gasteiger partial charge in [0.15, 0.2) is 0 Å². The minimum Gasteiger partial charge on any atom is -0.354 e. The zero-order valence-corrected chi connectivity index (χ0v) is 14.7. The van der Waals surface area contributed by atoms with E-state index in [0.717, 1.165) is 17.4 Å². The monoisotopic (exact) mass is 363 g/mol. The Kier molecular flexibility index (Phi) is 4.61. The summed E-state index contributed by atoms with van der Waals surface area (Å²) in [6.45, 7) is 3.07. The Morgan fingerprint density at radius 2 is 1.96 bits per heavy atom. The third-order valence-corrected chi connectivity index (χ3v) is 4.05. The SMILES string of the molecule is CCNc1nccc(Nc2cc3c(cn2)cnn3Cc2ccccc2F)n1. The molecular formula is C19H18FN7. The number of nitrogens with zero attached hydrogens (tertiary/aromatic N) is 5. The molecule has 0 saturated carbocycles. The fourth-order valence-electron chi connectivity index (χ4n) is 2.76. The lowest BCUT2D eigenvalue weighted by Crippen LogP contribution is -2.05. The van der Waals surface area contributed by atoms with E-state index in [0.29, 0.717) is 29.7 Å². The van der Waals surface area contributed by atoms with Gasteiger partial charge < -0.3 is 10.6 Å². The normalized spacial score (nSPS) is 10.9. The van der Waals surface area contributed by atoms with E-state index in [2.05, 4.69) is 30.7 Å². The highest BCUT2D eigenvalue weighted by atomic mass is 19.1. The van der Waals surface area contributed by atoms with Gasteiger partial charge in [0.1, 0.15) is 17.5 Å². The van der Waals surface area contributed by atoms with Crippen molar-refractivity contribution in [2.45, 2.75) is 13.5 Å². The Labute approximate surface area is 155 Å². The number of benzene rings is 1. The van der Waals surface area contributed by atoms with Gasteiger partial charge in [-0.1, -0.05) is 18.2 Å². The van der Waals surface area contributed by atoms with Gasteiger partial charge in [0, 0.05) is 36.0 Å². The van der Waals surface area contributed by atoms with Crippen LogP contribution in [0.1, 0.15) is 12.5 Å². The number of hydrogen-bond acceptors (Lipinski definition) is 6. The molecule has 136 valence electrons. The number of hydrogen-bond donors (Lipinski definition) is 2. The second-order valence-corrected chi connectivity index (χ2v) is 5.94. The van der Waals surface area contributed by atoms with Gasteiger partial charge in [-0.15, -0.1) is 0 Å². The first kappa shape index (κ1) is 16.9. The van der Waals surface area contributed by atoms with Crippen molar-refractivity contribution in [3.63, 3.8) is 0 Å². The molecular weight excluding hydrogens is 345 g/mol. The van der Waals surface area contributed by atoms with Gasteiger partial charge >= 0.3 is 0 Å². The molecule has 7 nitrogen and oxygen atoms in total. The summed E-state index contributed by atoms with van der Waals surface area (Å²) < 4.78 is 15.7. The zero-order chi connectivity index (χ0) is 18.6. The van der Waals surface area contributed by atoms with Crippen LogP contribution in [0.15, 0.2) is 55.0 Å². The van der Waals surface area contributed by atoms with Crippen molar-refractivity contribution in [3.8, 4) is 0 Å². The predicted octanol–water partition coefficient (Wildman–Crippen LogP) is 3.58. The summed E-state index contributed by atoms with van der Waals surface area (Å²) in [4.78, 5) is 12.9. The Morgan fingerprint density at radius 1 is 1.07 bits per heavy atom. The molecule has 2 N–H and O–H groups in total. The predicted molar refractivity (Wildman–Crippen MR) is 103 cm³/mol. The number of halogens is 1. The Bertz CT molecular complexity index is 1080. The van der Waals surface area contributed by atoms with E-state index in [1.807, 2.05) is 19.1 Å². The topological polar surface area (TPSA) is 80.5 Å². The van der Waals surface area contributed by atoms with Crippen LogP contribution in [0.5, 0.6) is 0 Å². The van der Waals surface area contributed by atoms with Crippen LogP contribution in [-0.2, 0) is 6.54 Å². The molecule has 0 aliphatic rings. The molecule has 0 spiro atoms. The van der Waals surface area contributed by atoms with Gasteiger partial charge in [-0.05, 0) is 19.1 Å². The average molecular weight is 363 g/mol. The second kappa shape index (κ2) is 7.36. The smallest absolute Gasteiger partial charge is 0.224 e. The maximum absolute atomic E-state index is 14.0. The van der Waals surface area contributed by atoms with Crippen LogP contribution in [-0.4, -0.2) is 31.3 Å². The van der Waals surface area contributed by atoms with Crippen LogP contribution < -0.4 is 10.6 Å². The molecule has 0 bridgehead atoms. The first-order chi connectivity index (χ1) is 13.2. The van der Waals surface area contributed by atoms with Crippen molar-refractivity contribution in [1.82, 2.24) is 24.7 Å². The lowest BCUT2D eigenvalue weighted by atomic mass is 10.2. The average Bonchev–Trinajstić information content (AvgIpc) is 3.06. The number of pyridine rings is 1. The first-order valence-electron chi connectivity index (χ1n) is 8.62. The van der Waals surface area contributed by atoms with E-state index < -0.39 is 0 Å². The molecule has 3 aromatic heterocycles. The highest BCUT2D eigenvalue weighted by Gasteiger charge is 2.09. The summed E-state index contributed by atoms with van der Waals surface area (Å²) in [5, 5.41) is 11.5. The van der Waals surface area contributed by atoms with E-state index in [9.17, 15) is 4.39 Å². The maximum Gasteiger partial charge on any atom is 0.224 e. The standard InChI is InChI=1S/C19H18FN7/c1-2-21-19-22-8-7-17(26-19)25-18-9-16-14(10-23-18)11-24-27(16)12-13-5-3-4-6-15(13)20/h3-11H,2,12H2,1H3,(H2,21,22,23,25,26). The highest BCUT2D eigenvalue weighted by molar-refractivity contribution is 5.81. The molecule has 4 aromatic rings. The summed E-state index contributed by atoms with van der Waals surface area (Å²) in [6.07, 6.45) is 5.13.